The first-order chi connectivity index (χ1) is 7.74. The number of nitrogens with zero attached hydrogens (tertiary/aromatic N) is 1. The summed E-state index contributed by atoms with van der Waals surface area (Å²) < 4.78 is 5.10. The van der Waals surface area contributed by atoms with Crippen LogP contribution >= 0.6 is 0 Å². The molecule has 0 spiro atoms. The number of pyridine rings is 1. The zero-order chi connectivity index (χ0) is 11.5. The monoisotopic (exact) mass is 219 g/mol. The van der Waals surface area contributed by atoms with Crippen LogP contribution in [-0.2, 0) is 16.0 Å². The first-order valence-corrected chi connectivity index (χ1v) is 5.74. The molecular formula is C13H17NO2. The fourth-order valence-corrected chi connectivity index (χ4v) is 2.29. The smallest absolute Gasteiger partial charge is 0.170 e. The van der Waals surface area contributed by atoms with Gasteiger partial charge in [-0.3, -0.25) is 9.78 Å². The molecule has 2 atom stereocenters. The number of methoxy groups -OCH3 is 1. The largest absolute Gasteiger partial charge is 0.374 e. The molecule has 1 aliphatic carbocycles. The summed E-state index contributed by atoms with van der Waals surface area (Å²) in [6, 6.07) is 4.00. The highest BCUT2D eigenvalue weighted by molar-refractivity contribution is 5.89. The molecule has 0 fully saturated rings. The second-order valence-corrected chi connectivity index (χ2v) is 4.27. The van der Waals surface area contributed by atoms with Gasteiger partial charge in [0.15, 0.2) is 5.78 Å². The van der Waals surface area contributed by atoms with Crippen molar-refractivity contribution in [3.8, 4) is 0 Å². The highest BCUT2D eigenvalue weighted by Crippen LogP contribution is 2.31. The predicted molar refractivity (Wildman–Crippen MR) is 61.4 cm³/mol. The summed E-state index contributed by atoms with van der Waals surface area (Å²) in [4.78, 5) is 16.5. The molecule has 0 saturated heterocycles. The predicted octanol–water partition coefficient (Wildman–Crippen LogP) is 2.11. The summed E-state index contributed by atoms with van der Waals surface area (Å²) in [5, 5.41) is 0. The number of Topliss-reactive ketones (excluding diaryl/α,β-unsaturated/α-hetero) is 1. The summed E-state index contributed by atoms with van der Waals surface area (Å²) in [6.07, 6.45) is 4.43. The second-order valence-electron chi connectivity index (χ2n) is 4.27. The van der Waals surface area contributed by atoms with Crippen LogP contribution in [0.5, 0.6) is 0 Å². The molecule has 0 aromatic carbocycles. The Kier molecular flexibility index (Phi) is 3.34. The number of fused-ring (bicyclic) bond motifs is 1. The Bertz CT molecular complexity index is 389. The number of ether oxygens (including phenoxy) is 1. The molecule has 1 aliphatic rings. The molecule has 86 valence electrons. The number of carbonyl (C=O) groups excluding carboxylic acids is 1. The summed E-state index contributed by atoms with van der Waals surface area (Å²) in [5.74, 6) is 0.0852. The molecule has 3 heteroatoms. The minimum absolute atomic E-state index is 0.0695. The molecule has 0 saturated carbocycles. The van der Waals surface area contributed by atoms with Crippen LogP contribution in [0.2, 0.25) is 0 Å². The van der Waals surface area contributed by atoms with Crippen molar-refractivity contribution in [2.75, 3.05) is 7.11 Å². The van der Waals surface area contributed by atoms with Gasteiger partial charge in [0.2, 0.25) is 0 Å². The Morgan fingerprint density at radius 1 is 1.62 bits per heavy atom. The number of carbonyl (C=O) groups is 1. The van der Waals surface area contributed by atoms with Gasteiger partial charge in [-0.05, 0) is 37.8 Å². The lowest BCUT2D eigenvalue weighted by atomic mass is 9.82. The van der Waals surface area contributed by atoms with Crippen LogP contribution in [0.3, 0.4) is 0 Å². The third-order valence-electron chi connectivity index (χ3n) is 3.29. The van der Waals surface area contributed by atoms with E-state index < -0.39 is 0 Å². The van der Waals surface area contributed by atoms with E-state index >= 15 is 0 Å². The molecule has 1 aromatic heterocycles. The Morgan fingerprint density at radius 3 is 3.19 bits per heavy atom. The van der Waals surface area contributed by atoms with Gasteiger partial charge in [-0.15, -0.1) is 0 Å². The number of hydrogen-bond donors (Lipinski definition) is 0. The van der Waals surface area contributed by atoms with Crippen molar-refractivity contribution < 1.29 is 9.53 Å². The van der Waals surface area contributed by atoms with E-state index in [-0.39, 0.29) is 17.8 Å². The van der Waals surface area contributed by atoms with Gasteiger partial charge in [-0.2, -0.15) is 0 Å². The fraction of sp³-hybridized carbons (Fsp3) is 0.538. The summed E-state index contributed by atoms with van der Waals surface area (Å²) >= 11 is 0. The van der Waals surface area contributed by atoms with E-state index in [1.54, 1.807) is 20.2 Å². The number of aromatic nitrogens is 1. The molecule has 3 nitrogen and oxygen atoms in total. The van der Waals surface area contributed by atoms with Crippen LogP contribution in [0.1, 0.15) is 36.9 Å². The van der Waals surface area contributed by atoms with Gasteiger partial charge in [0.25, 0.3) is 0 Å². The Morgan fingerprint density at radius 2 is 2.44 bits per heavy atom. The lowest BCUT2D eigenvalue weighted by molar-refractivity contribution is -0.129. The van der Waals surface area contributed by atoms with E-state index in [0.717, 1.165) is 25.0 Å². The number of aryl methyl sites for hydroxylation is 1. The minimum Gasteiger partial charge on any atom is -0.374 e. The molecule has 0 aliphatic heterocycles. The zero-order valence-corrected chi connectivity index (χ0v) is 9.77. The molecule has 0 bridgehead atoms. The van der Waals surface area contributed by atoms with Crippen LogP contribution in [0.15, 0.2) is 18.3 Å². The molecule has 2 unspecified atom stereocenters. The average Bonchev–Trinajstić information content (AvgIpc) is 2.36. The van der Waals surface area contributed by atoms with Crippen molar-refractivity contribution in [3.63, 3.8) is 0 Å². The number of rotatable bonds is 3. The third-order valence-corrected chi connectivity index (χ3v) is 3.29. The van der Waals surface area contributed by atoms with Crippen molar-refractivity contribution in [2.45, 2.75) is 38.2 Å². The van der Waals surface area contributed by atoms with Crippen LogP contribution in [0.4, 0.5) is 0 Å². The van der Waals surface area contributed by atoms with Crippen molar-refractivity contribution >= 4 is 5.78 Å². The van der Waals surface area contributed by atoms with Crippen molar-refractivity contribution in [1.29, 1.82) is 0 Å². The molecule has 2 rings (SSSR count). The molecule has 16 heavy (non-hydrogen) atoms. The maximum Gasteiger partial charge on any atom is 0.170 e. The standard InChI is InChI=1S/C13H17NO2/c1-9(16-2)13(15)11-7-3-5-10-6-4-8-14-12(10)11/h4,6,8-9,11H,3,5,7H2,1-2H3. The molecular weight excluding hydrogens is 202 g/mol. The molecule has 0 amide bonds. The minimum atomic E-state index is -0.335. The number of hydrogen-bond acceptors (Lipinski definition) is 3. The normalized spacial score (nSPS) is 21.2. The first kappa shape index (κ1) is 11.3. The lowest BCUT2D eigenvalue weighted by Gasteiger charge is -2.24. The lowest BCUT2D eigenvalue weighted by Crippen LogP contribution is -2.29. The highest BCUT2D eigenvalue weighted by Gasteiger charge is 2.30. The van der Waals surface area contributed by atoms with Crippen LogP contribution in [0, 0.1) is 0 Å². The Labute approximate surface area is 95.8 Å². The van der Waals surface area contributed by atoms with Crippen molar-refractivity contribution in [3.05, 3.63) is 29.6 Å². The molecule has 1 heterocycles. The van der Waals surface area contributed by atoms with Gasteiger partial charge in [0.1, 0.15) is 6.10 Å². The second kappa shape index (κ2) is 4.74. The molecule has 0 N–H and O–H groups in total. The van der Waals surface area contributed by atoms with Gasteiger partial charge in [0.05, 0.1) is 11.6 Å². The van der Waals surface area contributed by atoms with E-state index in [0.29, 0.717) is 0 Å². The van der Waals surface area contributed by atoms with E-state index in [4.69, 9.17) is 4.74 Å². The topological polar surface area (TPSA) is 39.2 Å². The first-order valence-electron chi connectivity index (χ1n) is 5.74. The summed E-state index contributed by atoms with van der Waals surface area (Å²) in [7, 11) is 1.57. The van der Waals surface area contributed by atoms with Gasteiger partial charge >= 0.3 is 0 Å². The Hall–Kier alpha value is -1.22. The van der Waals surface area contributed by atoms with E-state index in [1.807, 2.05) is 6.07 Å². The van der Waals surface area contributed by atoms with Gasteiger partial charge in [-0.25, -0.2) is 0 Å². The fourth-order valence-electron chi connectivity index (χ4n) is 2.29. The van der Waals surface area contributed by atoms with E-state index in [2.05, 4.69) is 11.1 Å². The van der Waals surface area contributed by atoms with Crippen molar-refractivity contribution in [1.82, 2.24) is 4.98 Å². The highest BCUT2D eigenvalue weighted by atomic mass is 16.5. The molecule has 0 radical (unpaired) electrons. The zero-order valence-electron chi connectivity index (χ0n) is 9.77. The Balaban J connectivity index is 2.28. The third kappa shape index (κ3) is 2.00. The SMILES string of the molecule is COC(C)C(=O)C1CCCc2cccnc21. The average molecular weight is 219 g/mol. The maximum atomic E-state index is 12.1. The number of ketones is 1. The van der Waals surface area contributed by atoms with Gasteiger partial charge in [0, 0.05) is 13.3 Å². The summed E-state index contributed by atoms with van der Waals surface area (Å²) in [5.41, 5.74) is 2.18. The van der Waals surface area contributed by atoms with Crippen LogP contribution in [-0.4, -0.2) is 24.0 Å². The maximum absolute atomic E-state index is 12.1. The van der Waals surface area contributed by atoms with E-state index in [1.165, 1.54) is 5.56 Å². The van der Waals surface area contributed by atoms with Gasteiger partial charge < -0.3 is 4.74 Å². The van der Waals surface area contributed by atoms with E-state index in [9.17, 15) is 4.79 Å². The van der Waals surface area contributed by atoms with Crippen molar-refractivity contribution in [2.24, 2.45) is 0 Å². The van der Waals surface area contributed by atoms with Crippen LogP contribution in [0.25, 0.3) is 0 Å². The molecule has 1 aromatic rings. The van der Waals surface area contributed by atoms with Crippen LogP contribution < -0.4 is 0 Å². The quantitative estimate of drug-likeness (QED) is 0.781. The van der Waals surface area contributed by atoms with Gasteiger partial charge in [-0.1, -0.05) is 6.07 Å². The summed E-state index contributed by atoms with van der Waals surface area (Å²) in [6.45, 7) is 1.81.